The third-order valence-corrected chi connectivity index (χ3v) is 8.76. The molecular weight excluding hydrogens is 378 g/mol. The number of nitrogens with zero attached hydrogens (tertiary/aromatic N) is 1. The lowest BCUT2D eigenvalue weighted by Crippen LogP contribution is -2.66. The summed E-state index contributed by atoms with van der Waals surface area (Å²) in [6, 6.07) is 1.40. The molecule has 5 aliphatic rings. The largest absolute Gasteiger partial charge is 0.365 e. The van der Waals surface area contributed by atoms with Crippen LogP contribution in [0, 0.1) is 23.7 Å². The lowest BCUT2D eigenvalue weighted by atomic mass is 9.66. The Morgan fingerprint density at radius 3 is 2.67 bits per heavy atom. The molecule has 0 radical (unpaired) electrons. The second-order valence-corrected chi connectivity index (χ2v) is 10.8. The Balaban J connectivity index is 1.32. The molecule has 168 valence electrons. The molecule has 30 heavy (non-hydrogen) atoms. The second-order valence-electron chi connectivity index (χ2n) is 10.8. The highest BCUT2D eigenvalue weighted by atomic mass is 16.5. The van der Waals surface area contributed by atoms with E-state index < -0.39 is 6.10 Å². The number of piperidine rings is 2. The lowest BCUT2D eigenvalue weighted by molar-refractivity contribution is -0.152. The van der Waals surface area contributed by atoms with Crippen LogP contribution in [0.4, 0.5) is 0 Å². The van der Waals surface area contributed by atoms with Crippen LogP contribution < -0.4 is 10.6 Å². The fraction of sp³-hybridized carbons (Fsp3) is 0.917. The van der Waals surface area contributed by atoms with E-state index >= 15 is 0 Å². The molecule has 3 aliphatic heterocycles. The zero-order chi connectivity index (χ0) is 21.0. The van der Waals surface area contributed by atoms with E-state index in [0.717, 1.165) is 32.2 Å². The minimum absolute atomic E-state index is 0.0165. The molecule has 6 heteroatoms. The molecule has 8 unspecified atom stereocenters. The number of rotatable bonds is 4. The molecule has 2 amide bonds. The molecule has 0 aromatic rings. The van der Waals surface area contributed by atoms with Gasteiger partial charge in [-0.2, -0.15) is 0 Å². The molecule has 0 aromatic heterocycles. The van der Waals surface area contributed by atoms with Gasteiger partial charge in [0.05, 0.1) is 12.1 Å². The van der Waals surface area contributed by atoms with Crippen LogP contribution in [0.5, 0.6) is 0 Å². The summed E-state index contributed by atoms with van der Waals surface area (Å²) in [6.07, 6.45) is 8.65. The minimum Gasteiger partial charge on any atom is -0.365 e. The molecule has 5 rings (SSSR count). The van der Waals surface area contributed by atoms with Crippen molar-refractivity contribution in [3.63, 3.8) is 0 Å². The number of hydrogen-bond acceptors (Lipinski definition) is 4. The summed E-state index contributed by atoms with van der Waals surface area (Å²) in [5, 5.41) is 6.81. The Morgan fingerprint density at radius 2 is 1.87 bits per heavy atom. The smallest absolute Gasteiger partial charge is 0.249 e. The van der Waals surface area contributed by atoms with E-state index in [4.69, 9.17) is 4.74 Å². The standard InChI is InChI=1S/C24H39N3O3/c1-13(2)26-23(28)14(3)30-15-8-9-20-19(12-15)17-10-11-25-21-16-6-4-5-7-18(16)24(29)27(20)22(17)21/h13-22,25H,4-12H2,1-3H3,(H,26,28)/t14-,15?,16?,17?,18?,19?,20?,21?,22?/m1/s1. The minimum atomic E-state index is -0.414. The Kier molecular flexibility index (Phi) is 5.59. The third kappa shape index (κ3) is 3.38. The van der Waals surface area contributed by atoms with Gasteiger partial charge in [-0.25, -0.2) is 0 Å². The summed E-state index contributed by atoms with van der Waals surface area (Å²) in [6.45, 7) is 6.91. The zero-order valence-corrected chi connectivity index (χ0v) is 18.8. The first kappa shape index (κ1) is 20.7. The first-order valence-corrected chi connectivity index (χ1v) is 12.5. The van der Waals surface area contributed by atoms with Crippen molar-refractivity contribution in [2.24, 2.45) is 23.7 Å². The maximum atomic E-state index is 13.6. The Morgan fingerprint density at radius 1 is 1.07 bits per heavy atom. The SMILES string of the molecule is CC(C)NC(=O)[C@@H](C)OC1CCC2C(C1)C1CCNC3C4CCCCC4C(=O)N2C13. The fourth-order valence-corrected chi connectivity index (χ4v) is 7.68. The summed E-state index contributed by atoms with van der Waals surface area (Å²) in [5.74, 6) is 2.37. The van der Waals surface area contributed by atoms with Crippen LogP contribution in [0.1, 0.15) is 72.1 Å². The Hall–Kier alpha value is -1.14. The van der Waals surface area contributed by atoms with Crippen molar-refractivity contribution >= 4 is 11.8 Å². The van der Waals surface area contributed by atoms with Gasteiger partial charge in [-0.15, -0.1) is 0 Å². The predicted molar refractivity (Wildman–Crippen MR) is 115 cm³/mol. The van der Waals surface area contributed by atoms with Crippen molar-refractivity contribution in [2.45, 2.75) is 109 Å². The molecule has 2 saturated carbocycles. The van der Waals surface area contributed by atoms with E-state index in [0.29, 0.717) is 41.8 Å². The van der Waals surface area contributed by atoms with E-state index in [1.807, 2.05) is 20.8 Å². The predicted octanol–water partition coefficient (Wildman–Crippen LogP) is 2.46. The van der Waals surface area contributed by atoms with Crippen LogP contribution in [0.15, 0.2) is 0 Å². The van der Waals surface area contributed by atoms with Gasteiger partial charge in [0.2, 0.25) is 11.8 Å². The van der Waals surface area contributed by atoms with Crippen molar-refractivity contribution < 1.29 is 14.3 Å². The van der Waals surface area contributed by atoms with Gasteiger partial charge in [0, 0.05) is 24.0 Å². The highest BCUT2D eigenvalue weighted by molar-refractivity contribution is 5.82. The number of carbonyl (C=O) groups excluding carboxylic acids is 2. The number of fused-ring (bicyclic) bond motifs is 5. The number of carbonyl (C=O) groups is 2. The van der Waals surface area contributed by atoms with E-state index in [9.17, 15) is 9.59 Å². The maximum absolute atomic E-state index is 13.6. The van der Waals surface area contributed by atoms with Crippen molar-refractivity contribution in [1.29, 1.82) is 0 Å². The van der Waals surface area contributed by atoms with E-state index in [1.165, 1.54) is 25.7 Å². The fourth-order valence-electron chi connectivity index (χ4n) is 7.68. The molecule has 0 bridgehead atoms. The zero-order valence-electron chi connectivity index (χ0n) is 18.8. The first-order valence-electron chi connectivity index (χ1n) is 12.5. The van der Waals surface area contributed by atoms with Crippen LogP contribution in [-0.4, -0.2) is 59.6 Å². The summed E-state index contributed by atoms with van der Waals surface area (Å²) >= 11 is 0. The van der Waals surface area contributed by atoms with Gasteiger partial charge in [-0.3, -0.25) is 9.59 Å². The van der Waals surface area contributed by atoms with Crippen molar-refractivity contribution in [1.82, 2.24) is 15.5 Å². The molecule has 3 saturated heterocycles. The summed E-state index contributed by atoms with van der Waals surface area (Å²) in [4.78, 5) is 28.3. The lowest BCUT2D eigenvalue weighted by Gasteiger charge is -2.52. The maximum Gasteiger partial charge on any atom is 0.249 e. The van der Waals surface area contributed by atoms with Gasteiger partial charge in [-0.1, -0.05) is 12.8 Å². The molecule has 2 N–H and O–H groups in total. The van der Waals surface area contributed by atoms with Crippen molar-refractivity contribution in [3.05, 3.63) is 0 Å². The van der Waals surface area contributed by atoms with Crippen molar-refractivity contribution in [3.8, 4) is 0 Å². The molecule has 6 nitrogen and oxygen atoms in total. The second kappa shape index (κ2) is 8.09. The van der Waals surface area contributed by atoms with Gasteiger partial charge in [0.25, 0.3) is 0 Å². The topological polar surface area (TPSA) is 70.7 Å². The Bertz CT molecular complexity index is 683. The monoisotopic (exact) mass is 417 g/mol. The van der Waals surface area contributed by atoms with Gasteiger partial charge in [-0.05, 0) is 83.6 Å². The van der Waals surface area contributed by atoms with Gasteiger partial charge < -0.3 is 20.3 Å². The van der Waals surface area contributed by atoms with E-state index in [1.54, 1.807) is 0 Å². The van der Waals surface area contributed by atoms with Gasteiger partial charge in [0.1, 0.15) is 6.10 Å². The van der Waals surface area contributed by atoms with Crippen LogP contribution in [0.25, 0.3) is 0 Å². The van der Waals surface area contributed by atoms with Crippen LogP contribution in [0.3, 0.4) is 0 Å². The van der Waals surface area contributed by atoms with Gasteiger partial charge in [0.15, 0.2) is 0 Å². The molecule has 5 fully saturated rings. The van der Waals surface area contributed by atoms with Gasteiger partial charge >= 0.3 is 0 Å². The molecule has 0 spiro atoms. The highest BCUT2D eigenvalue weighted by Crippen LogP contribution is 2.54. The van der Waals surface area contributed by atoms with Crippen LogP contribution >= 0.6 is 0 Å². The number of amides is 2. The van der Waals surface area contributed by atoms with Crippen LogP contribution in [-0.2, 0) is 14.3 Å². The average molecular weight is 418 g/mol. The summed E-state index contributed by atoms with van der Waals surface area (Å²) < 4.78 is 6.24. The van der Waals surface area contributed by atoms with E-state index in [2.05, 4.69) is 15.5 Å². The normalized spacial score (nSPS) is 43.6. The molecule has 2 aliphatic carbocycles. The summed E-state index contributed by atoms with van der Waals surface area (Å²) in [5.41, 5.74) is 0. The third-order valence-electron chi connectivity index (χ3n) is 8.76. The molecule has 0 aromatic carbocycles. The highest BCUT2D eigenvalue weighted by Gasteiger charge is 2.61. The van der Waals surface area contributed by atoms with Crippen molar-refractivity contribution in [2.75, 3.05) is 6.54 Å². The quantitative estimate of drug-likeness (QED) is 0.737. The molecule has 3 heterocycles. The molecule has 9 atom stereocenters. The Labute approximate surface area is 180 Å². The average Bonchev–Trinajstić information content (AvgIpc) is 3.06. The number of ether oxygens (including phenoxy) is 1. The molecular formula is C24H39N3O3. The number of hydrogen-bond donors (Lipinski definition) is 2. The number of nitrogens with one attached hydrogen (secondary N) is 2. The van der Waals surface area contributed by atoms with Crippen LogP contribution in [0.2, 0.25) is 0 Å². The summed E-state index contributed by atoms with van der Waals surface area (Å²) in [7, 11) is 0. The first-order chi connectivity index (χ1) is 14.5. The van der Waals surface area contributed by atoms with E-state index in [-0.39, 0.29) is 24.0 Å².